The van der Waals surface area contributed by atoms with Crippen LogP contribution in [-0.4, -0.2) is 47.1 Å². The standard InChI is InChI=1S/C13H22O6/c1-3-9-6-10(11(7-14)18-9)19-12(15)5-4-8(2)13(16)17/h8-11,14H,3-7H2,1-2H3,(H,16,17). The van der Waals surface area contributed by atoms with Crippen molar-refractivity contribution < 1.29 is 29.3 Å². The molecule has 1 fully saturated rings. The SMILES string of the molecule is CCC1CC(OC(=O)CCC(C)C(=O)O)C(CO)O1. The second-order valence-corrected chi connectivity index (χ2v) is 4.93. The maximum Gasteiger partial charge on any atom is 0.306 e. The summed E-state index contributed by atoms with van der Waals surface area (Å²) in [7, 11) is 0. The number of esters is 1. The van der Waals surface area contributed by atoms with Gasteiger partial charge in [0.25, 0.3) is 0 Å². The number of aliphatic hydroxyl groups excluding tert-OH is 1. The Kier molecular flexibility index (Phi) is 6.24. The second kappa shape index (κ2) is 7.45. The van der Waals surface area contributed by atoms with E-state index in [9.17, 15) is 9.59 Å². The zero-order valence-electron chi connectivity index (χ0n) is 11.4. The molecule has 0 bridgehead atoms. The van der Waals surface area contributed by atoms with Crippen molar-refractivity contribution in [3.8, 4) is 0 Å². The van der Waals surface area contributed by atoms with Gasteiger partial charge in [0.15, 0.2) is 0 Å². The van der Waals surface area contributed by atoms with Gasteiger partial charge in [-0.15, -0.1) is 0 Å². The van der Waals surface area contributed by atoms with Crippen molar-refractivity contribution in [3.05, 3.63) is 0 Å². The number of carbonyl (C=O) groups excluding carboxylic acids is 1. The van der Waals surface area contributed by atoms with Crippen molar-refractivity contribution in [3.63, 3.8) is 0 Å². The predicted molar refractivity (Wildman–Crippen MR) is 66.6 cm³/mol. The average Bonchev–Trinajstić information content (AvgIpc) is 2.77. The largest absolute Gasteiger partial charge is 0.481 e. The molecule has 4 atom stereocenters. The smallest absolute Gasteiger partial charge is 0.306 e. The van der Waals surface area contributed by atoms with Gasteiger partial charge in [0.1, 0.15) is 12.2 Å². The molecule has 1 aliphatic heterocycles. The van der Waals surface area contributed by atoms with Crippen LogP contribution in [0.2, 0.25) is 0 Å². The van der Waals surface area contributed by atoms with Gasteiger partial charge >= 0.3 is 11.9 Å². The van der Waals surface area contributed by atoms with Gasteiger partial charge < -0.3 is 19.7 Å². The predicted octanol–water partition coefficient (Wildman–Crippen LogP) is 0.959. The molecule has 0 radical (unpaired) electrons. The normalized spacial score (nSPS) is 28.1. The zero-order valence-corrected chi connectivity index (χ0v) is 11.4. The lowest BCUT2D eigenvalue weighted by molar-refractivity contribution is -0.153. The molecule has 0 aromatic carbocycles. The van der Waals surface area contributed by atoms with E-state index < -0.39 is 30.1 Å². The molecular formula is C13H22O6. The van der Waals surface area contributed by atoms with Crippen LogP contribution in [0.3, 0.4) is 0 Å². The Morgan fingerprint density at radius 2 is 2.16 bits per heavy atom. The van der Waals surface area contributed by atoms with Gasteiger partial charge in [0, 0.05) is 12.8 Å². The molecule has 4 unspecified atom stereocenters. The summed E-state index contributed by atoms with van der Waals surface area (Å²) in [5, 5.41) is 17.9. The lowest BCUT2D eigenvalue weighted by atomic mass is 10.1. The number of rotatable bonds is 7. The summed E-state index contributed by atoms with van der Waals surface area (Å²) in [6.45, 7) is 3.34. The number of aliphatic carboxylic acids is 1. The topological polar surface area (TPSA) is 93.1 Å². The van der Waals surface area contributed by atoms with Crippen LogP contribution in [0, 0.1) is 5.92 Å². The van der Waals surface area contributed by atoms with Crippen LogP contribution in [-0.2, 0) is 19.1 Å². The Balaban J connectivity index is 2.37. The number of aliphatic hydroxyl groups is 1. The maximum atomic E-state index is 11.6. The molecule has 1 rings (SSSR count). The summed E-state index contributed by atoms with van der Waals surface area (Å²) in [6, 6.07) is 0. The highest BCUT2D eigenvalue weighted by Crippen LogP contribution is 2.25. The second-order valence-electron chi connectivity index (χ2n) is 4.93. The van der Waals surface area contributed by atoms with Gasteiger partial charge in [0.05, 0.1) is 18.6 Å². The number of hydrogen-bond acceptors (Lipinski definition) is 5. The number of hydrogen-bond donors (Lipinski definition) is 2. The van der Waals surface area contributed by atoms with Crippen molar-refractivity contribution in [2.75, 3.05) is 6.61 Å². The molecule has 1 heterocycles. The molecule has 0 spiro atoms. The highest BCUT2D eigenvalue weighted by molar-refractivity contribution is 5.73. The molecule has 110 valence electrons. The van der Waals surface area contributed by atoms with Crippen LogP contribution in [0.25, 0.3) is 0 Å². The minimum atomic E-state index is -0.920. The molecule has 0 aromatic heterocycles. The molecule has 2 N–H and O–H groups in total. The first-order chi connectivity index (χ1) is 8.97. The molecule has 1 aliphatic rings. The van der Waals surface area contributed by atoms with Crippen LogP contribution < -0.4 is 0 Å². The van der Waals surface area contributed by atoms with Crippen LogP contribution >= 0.6 is 0 Å². The van der Waals surface area contributed by atoms with E-state index in [-0.39, 0.29) is 25.6 Å². The van der Waals surface area contributed by atoms with Crippen molar-refractivity contribution in [1.82, 2.24) is 0 Å². The number of carboxylic acid groups (broad SMARTS) is 1. The summed E-state index contributed by atoms with van der Waals surface area (Å²) in [4.78, 5) is 22.3. The fraction of sp³-hybridized carbons (Fsp3) is 0.846. The summed E-state index contributed by atoms with van der Waals surface area (Å²) in [5.74, 6) is -1.92. The van der Waals surface area contributed by atoms with E-state index in [1.54, 1.807) is 6.92 Å². The van der Waals surface area contributed by atoms with E-state index in [2.05, 4.69) is 0 Å². The van der Waals surface area contributed by atoms with Gasteiger partial charge in [-0.2, -0.15) is 0 Å². The molecule has 0 aromatic rings. The molecule has 6 heteroatoms. The van der Waals surface area contributed by atoms with E-state index in [0.717, 1.165) is 6.42 Å². The van der Waals surface area contributed by atoms with Crippen molar-refractivity contribution >= 4 is 11.9 Å². The van der Waals surface area contributed by atoms with E-state index in [1.165, 1.54) is 0 Å². The van der Waals surface area contributed by atoms with Crippen molar-refractivity contribution in [2.24, 2.45) is 5.92 Å². The Labute approximate surface area is 112 Å². The van der Waals surface area contributed by atoms with E-state index in [1.807, 2.05) is 6.92 Å². The first kappa shape index (κ1) is 15.9. The average molecular weight is 274 g/mol. The number of carbonyl (C=O) groups is 2. The highest BCUT2D eigenvalue weighted by atomic mass is 16.6. The van der Waals surface area contributed by atoms with E-state index >= 15 is 0 Å². The number of ether oxygens (including phenoxy) is 2. The van der Waals surface area contributed by atoms with E-state index in [4.69, 9.17) is 19.7 Å². The van der Waals surface area contributed by atoms with E-state index in [0.29, 0.717) is 6.42 Å². The van der Waals surface area contributed by atoms with Crippen LogP contribution in [0.15, 0.2) is 0 Å². The first-order valence-corrected chi connectivity index (χ1v) is 6.66. The third kappa shape index (κ3) is 4.80. The molecule has 0 amide bonds. The Morgan fingerprint density at radius 1 is 1.47 bits per heavy atom. The van der Waals surface area contributed by atoms with Gasteiger partial charge in [-0.1, -0.05) is 13.8 Å². The molecule has 6 nitrogen and oxygen atoms in total. The first-order valence-electron chi connectivity index (χ1n) is 6.66. The summed E-state index contributed by atoms with van der Waals surface area (Å²) in [5.41, 5.74) is 0. The third-order valence-corrected chi connectivity index (χ3v) is 3.40. The molecule has 0 saturated carbocycles. The fourth-order valence-corrected chi connectivity index (χ4v) is 2.03. The van der Waals surface area contributed by atoms with Gasteiger partial charge in [0.2, 0.25) is 0 Å². The summed E-state index contributed by atoms with van der Waals surface area (Å²) in [6.07, 6.45) is 0.825. The molecular weight excluding hydrogens is 252 g/mol. The lowest BCUT2D eigenvalue weighted by Gasteiger charge is -2.17. The lowest BCUT2D eigenvalue weighted by Crippen LogP contribution is -2.30. The minimum Gasteiger partial charge on any atom is -0.481 e. The maximum absolute atomic E-state index is 11.6. The van der Waals surface area contributed by atoms with Gasteiger partial charge in [-0.3, -0.25) is 9.59 Å². The van der Waals surface area contributed by atoms with Crippen LogP contribution in [0.1, 0.15) is 39.5 Å². The summed E-state index contributed by atoms with van der Waals surface area (Å²) < 4.78 is 10.8. The summed E-state index contributed by atoms with van der Waals surface area (Å²) >= 11 is 0. The van der Waals surface area contributed by atoms with Crippen LogP contribution in [0.5, 0.6) is 0 Å². The highest BCUT2D eigenvalue weighted by Gasteiger charge is 2.36. The van der Waals surface area contributed by atoms with Crippen LogP contribution in [0.4, 0.5) is 0 Å². The molecule has 0 aliphatic carbocycles. The number of carboxylic acids is 1. The Bertz CT molecular complexity index is 316. The Hall–Kier alpha value is -1.14. The Morgan fingerprint density at radius 3 is 2.68 bits per heavy atom. The minimum absolute atomic E-state index is 0.00731. The van der Waals surface area contributed by atoms with Crippen molar-refractivity contribution in [2.45, 2.75) is 57.8 Å². The zero-order chi connectivity index (χ0) is 14.4. The monoisotopic (exact) mass is 274 g/mol. The van der Waals surface area contributed by atoms with Gasteiger partial charge in [-0.05, 0) is 12.8 Å². The quantitative estimate of drug-likeness (QED) is 0.672. The molecule has 1 saturated heterocycles. The van der Waals surface area contributed by atoms with Gasteiger partial charge in [-0.25, -0.2) is 0 Å². The fourth-order valence-electron chi connectivity index (χ4n) is 2.03. The van der Waals surface area contributed by atoms with Crippen molar-refractivity contribution in [1.29, 1.82) is 0 Å². The third-order valence-electron chi connectivity index (χ3n) is 3.40. The molecule has 19 heavy (non-hydrogen) atoms.